The van der Waals surface area contributed by atoms with Crippen LogP contribution in [0.1, 0.15) is 29.8 Å². The van der Waals surface area contributed by atoms with Gasteiger partial charge in [0.15, 0.2) is 5.78 Å². The second kappa shape index (κ2) is 5.32. The lowest BCUT2D eigenvalue weighted by atomic mass is 9.86. The Balaban J connectivity index is 2.14. The molecule has 2 rings (SSSR count). The summed E-state index contributed by atoms with van der Waals surface area (Å²) in [5, 5.41) is 4.18. The van der Waals surface area contributed by atoms with Crippen molar-refractivity contribution in [3.8, 4) is 0 Å². The first kappa shape index (κ1) is 12.8. The van der Waals surface area contributed by atoms with Crippen molar-refractivity contribution in [2.75, 3.05) is 0 Å². The molecule has 0 saturated carbocycles. The van der Waals surface area contributed by atoms with Gasteiger partial charge in [-0.2, -0.15) is 11.3 Å². The minimum atomic E-state index is -0.107. The highest BCUT2D eigenvalue weighted by Gasteiger charge is 2.17. The highest BCUT2D eigenvalue weighted by Crippen LogP contribution is 2.26. The summed E-state index contributed by atoms with van der Waals surface area (Å²) in [5.74, 6) is 0.0545. The van der Waals surface area contributed by atoms with E-state index in [-0.39, 0.29) is 11.2 Å². The molecule has 0 aliphatic heterocycles. The van der Waals surface area contributed by atoms with Crippen molar-refractivity contribution in [1.29, 1.82) is 0 Å². The number of carbonyl (C=O) groups is 1. The molecule has 0 aliphatic rings. The van der Waals surface area contributed by atoms with Crippen LogP contribution >= 0.6 is 11.3 Å². The number of hydrogen-bond donors (Lipinski definition) is 0. The standard InChI is InChI=1S/C16H16OS/c1-16(2,14-9-11-18-12-14)10-8-15(17)13-6-4-3-5-7-13/h3-12H,1-2H3/b10-8+. The van der Waals surface area contributed by atoms with Crippen LogP contribution in [0.15, 0.2) is 59.3 Å². The van der Waals surface area contributed by atoms with Crippen molar-refractivity contribution < 1.29 is 4.79 Å². The minimum absolute atomic E-state index is 0.0545. The van der Waals surface area contributed by atoms with Crippen LogP contribution < -0.4 is 0 Å². The van der Waals surface area contributed by atoms with Crippen LogP contribution in [0.4, 0.5) is 0 Å². The van der Waals surface area contributed by atoms with Gasteiger partial charge in [-0.3, -0.25) is 4.79 Å². The lowest BCUT2D eigenvalue weighted by molar-refractivity contribution is 0.104. The lowest BCUT2D eigenvalue weighted by Crippen LogP contribution is -2.12. The molecule has 2 aromatic rings. The smallest absolute Gasteiger partial charge is 0.185 e. The average Bonchev–Trinajstić information content (AvgIpc) is 2.92. The third-order valence-corrected chi connectivity index (χ3v) is 3.66. The Hall–Kier alpha value is -1.67. The van der Waals surface area contributed by atoms with Gasteiger partial charge in [-0.15, -0.1) is 0 Å². The Labute approximate surface area is 112 Å². The van der Waals surface area contributed by atoms with Crippen LogP contribution in [0.5, 0.6) is 0 Å². The second-order valence-corrected chi connectivity index (χ2v) is 5.58. The summed E-state index contributed by atoms with van der Waals surface area (Å²) in [6.07, 6.45) is 3.65. The highest BCUT2D eigenvalue weighted by molar-refractivity contribution is 7.08. The maximum atomic E-state index is 12.0. The van der Waals surface area contributed by atoms with E-state index in [0.717, 1.165) is 5.56 Å². The molecule has 18 heavy (non-hydrogen) atoms. The van der Waals surface area contributed by atoms with Crippen LogP contribution in [0.3, 0.4) is 0 Å². The maximum absolute atomic E-state index is 12.0. The van der Waals surface area contributed by atoms with E-state index < -0.39 is 0 Å². The summed E-state index contributed by atoms with van der Waals surface area (Å²) in [7, 11) is 0. The Morgan fingerprint density at radius 1 is 1.17 bits per heavy atom. The SMILES string of the molecule is CC(C)(/C=C/C(=O)c1ccccc1)c1ccsc1. The largest absolute Gasteiger partial charge is 0.289 e. The van der Waals surface area contributed by atoms with E-state index in [9.17, 15) is 4.79 Å². The first-order valence-corrected chi connectivity index (χ1v) is 6.85. The summed E-state index contributed by atoms with van der Waals surface area (Å²) >= 11 is 1.68. The van der Waals surface area contributed by atoms with Crippen molar-refractivity contribution in [3.05, 3.63) is 70.4 Å². The third kappa shape index (κ3) is 2.96. The molecule has 0 aliphatic carbocycles. The number of thiophene rings is 1. The summed E-state index contributed by atoms with van der Waals surface area (Å²) in [6.45, 7) is 4.23. The van der Waals surface area contributed by atoms with Crippen molar-refractivity contribution in [2.45, 2.75) is 19.3 Å². The fourth-order valence-corrected chi connectivity index (χ4v) is 2.54. The van der Waals surface area contributed by atoms with Gasteiger partial charge in [0.1, 0.15) is 0 Å². The van der Waals surface area contributed by atoms with E-state index in [2.05, 4.69) is 30.7 Å². The van der Waals surface area contributed by atoms with Gasteiger partial charge in [0.2, 0.25) is 0 Å². The number of rotatable bonds is 4. The molecule has 0 spiro atoms. The minimum Gasteiger partial charge on any atom is -0.289 e. The zero-order chi connectivity index (χ0) is 13.0. The Kier molecular flexibility index (Phi) is 3.78. The maximum Gasteiger partial charge on any atom is 0.185 e. The molecule has 0 radical (unpaired) electrons. The number of carbonyl (C=O) groups excluding carboxylic acids is 1. The summed E-state index contributed by atoms with van der Waals surface area (Å²) in [5.41, 5.74) is 1.87. The average molecular weight is 256 g/mol. The van der Waals surface area contributed by atoms with E-state index in [1.807, 2.05) is 36.4 Å². The van der Waals surface area contributed by atoms with E-state index in [1.165, 1.54) is 5.56 Å². The summed E-state index contributed by atoms with van der Waals surface area (Å²) in [4.78, 5) is 12.0. The Morgan fingerprint density at radius 2 is 1.89 bits per heavy atom. The predicted octanol–water partition coefficient (Wildman–Crippen LogP) is 4.46. The van der Waals surface area contributed by atoms with Crippen molar-refractivity contribution in [2.24, 2.45) is 0 Å². The predicted molar refractivity (Wildman–Crippen MR) is 77.3 cm³/mol. The Morgan fingerprint density at radius 3 is 2.50 bits per heavy atom. The summed E-state index contributed by atoms with van der Waals surface area (Å²) in [6, 6.07) is 11.4. The molecule has 0 bridgehead atoms. The van der Waals surface area contributed by atoms with Crippen LogP contribution in [0, 0.1) is 0 Å². The van der Waals surface area contributed by atoms with Gasteiger partial charge in [0.05, 0.1) is 0 Å². The number of ketones is 1. The van der Waals surface area contributed by atoms with E-state index in [1.54, 1.807) is 17.4 Å². The van der Waals surface area contributed by atoms with E-state index in [0.29, 0.717) is 0 Å². The highest BCUT2D eigenvalue weighted by atomic mass is 32.1. The lowest BCUT2D eigenvalue weighted by Gasteiger charge is -2.18. The van der Waals surface area contributed by atoms with E-state index in [4.69, 9.17) is 0 Å². The number of benzene rings is 1. The zero-order valence-corrected chi connectivity index (χ0v) is 11.4. The molecular weight excluding hydrogens is 240 g/mol. The second-order valence-electron chi connectivity index (χ2n) is 4.80. The molecule has 1 heterocycles. The van der Waals surface area contributed by atoms with Crippen molar-refractivity contribution >= 4 is 17.1 Å². The molecule has 2 heteroatoms. The summed E-state index contributed by atoms with van der Waals surface area (Å²) < 4.78 is 0. The fraction of sp³-hybridized carbons (Fsp3) is 0.188. The number of hydrogen-bond acceptors (Lipinski definition) is 2. The Bertz CT molecular complexity index is 536. The van der Waals surface area contributed by atoms with Gasteiger partial charge in [0.25, 0.3) is 0 Å². The molecule has 0 fully saturated rings. The van der Waals surface area contributed by atoms with Crippen LogP contribution in [-0.4, -0.2) is 5.78 Å². The van der Waals surface area contributed by atoms with Gasteiger partial charge in [-0.25, -0.2) is 0 Å². The molecular formula is C16H16OS. The van der Waals surface area contributed by atoms with Crippen molar-refractivity contribution in [1.82, 2.24) is 0 Å². The molecule has 0 saturated heterocycles. The quantitative estimate of drug-likeness (QED) is 0.583. The van der Waals surface area contributed by atoms with Gasteiger partial charge >= 0.3 is 0 Å². The van der Waals surface area contributed by atoms with Crippen molar-refractivity contribution in [3.63, 3.8) is 0 Å². The molecule has 0 N–H and O–H groups in total. The molecule has 92 valence electrons. The first-order chi connectivity index (χ1) is 8.59. The molecule has 0 atom stereocenters. The number of allylic oxidation sites excluding steroid dienone is 2. The van der Waals surface area contributed by atoms with Gasteiger partial charge in [0, 0.05) is 11.0 Å². The van der Waals surface area contributed by atoms with Crippen LogP contribution in [-0.2, 0) is 5.41 Å². The molecule has 1 aromatic carbocycles. The molecule has 1 nitrogen and oxygen atoms in total. The molecule has 0 unspecified atom stereocenters. The van der Waals surface area contributed by atoms with Crippen LogP contribution in [0.2, 0.25) is 0 Å². The van der Waals surface area contributed by atoms with Gasteiger partial charge < -0.3 is 0 Å². The van der Waals surface area contributed by atoms with Gasteiger partial charge in [-0.1, -0.05) is 50.3 Å². The normalized spacial score (nSPS) is 11.9. The monoisotopic (exact) mass is 256 g/mol. The fourth-order valence-electron chi connectivity index (χ4n) is 1.71. The molecule has 0 amide bonds. The third-order valence-electron chi connectivity index (χ3n) is 2.97. The first-order valence-electron chi connectivity index (χ1n) is 5.91. The molecule has 1 aromatic heterocycles. The zero-order valence-electron chi connectivity index (χ0n) is 10.6. The van der Waals surface area contributed by atoms with E-state index >= 15 is 0 Å². The topological polar surface area (TPSA) is 17.1 Å². The van der Waals surface area contributed by atoms with Gasteiger partial charge in [-0.05, 0) is 28.5 Å². The van der Waals surface area contributed by atoms with Crippen LogP contribution in [0.25, 0.3) is 0 Å².